The first kappa shape index (κ1) is 15.9. The van der Waals surface area contributed by atoms with E-state index in [1.807, 2.05) is 6.92 Å². The number of carbonyl (C=O) groups excluding carboxylic acids is 1. The van der Waals surface area contributed by atoms with Crippen LogP contribution in [0.5, 0.6) is 0 Å². The fourth-order valence-corrected chi connectivity index (χ4v) is 2.49. The molecule has 1 rings (SSSR count). The first-order valence-electron chi connectivity index (χ1n) is 5.98. The lowest BCUT2D eigenvalue weighted by atomic mass is 10.2. The van der Waals surface area contributed by atoms with E-state index in [0.29, 0.717) is 16.2 Å². The first-order chi connectivity index (χ1) is 9.38. The second-order valence-corrected chi connectivity index (χ2v) is 5.36. The number of ether oxygens (including phenoxy) is 1. The van der Waals surface area contributed by atoms with Gasteiger partial charge in [-0.15, -0.1) is 11.3 Å². The van der Waals surface area contributed by atoms with Crippen LogP contribution < -0.4 is 0 Å². The average Bonchev–Trinajstić information content (AvgIpc) is 2.78. The van der Waals surface area contributed by atoms with Crippen LogP contribution in [0.1, 0.15) is 30.5 Å². The molecule has 106 valence electrons. The Hall–Kier alpha value is -2.20. The molecule has 0 aliphatic heterocycles. The van der Waals surface area contributed by atoms with Gasteiger partial charge in [-0.05, 0) is 26.3 Å². The molecule has 0 aromatic carbocycles. The van der Waals surface area contributed by atoms with E-state index in [1.54, 1.807) is 19.9 Å². The maximum atomic E-state index is 11.6. The van der Waals surface area contributed by atoms with Gasteiger partial charge in [-0.3, -0.25) is 10.1 Å². The summed E-state index contributed by atoms with van der Waals surface area (Å²) in [6.07, 6.45) is 1.51. The molecule has 0 bridgehead atoms. The summed E-state index contributed by atoms with van der Waals surface area (Å²) in [5, 5.41) is 19.8. The summed E-state index contributed by atoms with van der Waals surface area (Å²) in [4.78, 5) is 23.1. The molecule has 0 amide bonds. The highest BCUT2D eigenvalue weighted by molar-refractivity contribution is 7.13. The van der Waals surface area contributed by atoms with Crippen LogP contribution in [0.3, 0.4) is 0 Å². The molecule has 0 aliphatic carbocycles. The van der Waals surface area contributed by atoms with Crippen molar-refractivity contribution in [2.75, 3.05) is 0 Å². The lowest BCUT2D eigenvalue weighted by Crippen LogP contribution is -2.12. The number of carbonyl (C=O) groups is 1. The van der Waals surface area contributed by atoms with Crippen molar-refractivity contribution < 1.29 is 14.5 Å². The highest BCUT2D eigenvalue weighted by atomic mass is 32.1. The zero-order valence-corrected chi connectivity index (χ0v) is 12.2. The van der Waals surface area contributed by atoms with Crippen molar-refractivity contribution in [3.8, 4) is 6.07 Å². The lowest BCUT2D eigenvalue weighted by Gasteiger charge is -2.05. The smallest absolute Gasteiger partial charge is 0.349 e. The third-order valence-corrected chi connectivity index (χ3v) is 3.51. The predicted octanol–water partition coefficient (Wildman–Crippen LogP) is 3.08. The summed E-state index contributed by atoms with van der Waals surface area (Å²) in [5.41, 5.74) is -0.157. The molecule has 0 N–H and O–H groups in total. The Morgan fingerprint density at radius 1 is 1.65 bits per heavy atom. The second-order valence-electron chi connectivity index (χ2n) is 4.19. The number of nitriles is 1. The first-order valence-corrected chi connectivity index (χ1v) is 6.80. The van der Waals surface area contributed by atoms with Gasteiger partial charge in [-0.1, -0.05) is 6.92 Å². The minimum absolute atomic E-state index is 0.0123. The van der Waals surface area contributed by atoms with E-state index in [4.69, 9.17) is 10.00 Å². The van der Waals surface area contributed by atoms with Crippen molar-refractivity contribution in [1.82, 2.24) is 0 Å². The van der Waals surface area contributed by atoms with Gasteiger partial charge in [0.05, 0.1) is 15.9 Å². The van der Waals surface area contributed by atoms with Gasteiger partial charge < -0.3 is 4.74 Å². The highest BCUT2D eigenvalue weighted by Crippen LogP contribution is 2.31. The number of nitrogens with zero attached hydrogens (tertiary/aromatic N) is 2. The quantitative estimate of drug-likeness (QED) is 0.273. The number of thiophene rings is 1. The Bertz CT molecular complexity index is 596. The standard InChI is InChI=1S/C13H14N2O4S/c1-4-12-11(15(17)18)6-10(20-12)5-9(7-14)13(16)19-8(2)3/h5-6,8H,4H2,1-3H3. The molecular weight excluding hydrogens is 280 g/mol. The Morgan fingerprint density at radius 2 is 2.30 bits per heavy atom. The molecule has 1 aromatic heterocycles. The van der Waals surface area contributed by atoms with Gasteiger partial charge >= 0.3 is 5.97 Å². The van der Waals surface area contributed by atoms with Crippen molar-refractivity contribution in [3.63, 3.8) is 0 Å². The summed E-state index contributed by atoms with van der Waals surface area (Å²) < 4.78 is 4.93. The van der Waals surface area contributed by atoms with Crippen LogP contribution in [-0.2, 0) is 16.0 Å². The monoisotopic (exact) mass is 294 g/mol. The summed E-state index contributed by atoms with van der Waals surface area (Å²) >= 11 is 1.19. The van der Waals surface area contributed by atoms with E-state index in [-0.39, 0.29) is 17.4 Å². The van der Waals surface area contributed by atoms with Crippen LogP contribution in [0.25, 0.3) is 6.08 Å². The van der Waals surface area contributed by atoms with Crippen LogP contribution in [0.15, 0.2) is 11.6 Å². The molecule has 0 unspecified atom stereocenters. The van der Waals surface area contributed by atoms with Crippen LogP contribution in [-0.4, -0.2) is 17.0 Å². The fraction of sp³-hybridized carbons (Fsp3) is 0.385. The van der Waals surface area contributed by atoms with Crippen LogP contribution in [0.4, 0.5) is 5.69 Å². The normalized spacial score (nSPS) is 11.2. The molecule has 7 heteroatoms. The molecule has 6 nitrogen and oxygen atoms in total. The van der Waals surface area contributed by atoms with Gasteiger partial charge in [-0.2, -0.15) is 5.26 Å². The second kappa shape index (κ2) is 6.82. The molecule has 1 aromatic rings. The van der Waals surface area contributed by atoms with Crippen LogP contribution in [0.2, 0.25) is 0 Å². The Labute approximate surface area is 120 Å². The van der Waals surface area contributed by atoms with E-state index in [9.17, 15) is 14.9 Å². The molecule has 1 heterocycles. The number of nitro groups is 1. The Morgan fingerprint density at radius 3 is 2.70 bits per heavy atom. The van der Waals surface area contributed by atoms with E-state index in [0.717, 1.165) is 0 Å². The molecule has 0 saturated heterocycles. The third kappa shape index (κ3) is 3.90. The van der Waals surface area contributed by atoms with Gasteiger partial charge in [0, 0.05) is 10.9 Å². The summed E-state index contributed by atoms with van der Waals surface area (Å²) in [5.74, 6) is -0.725. The number of hydrogen-bond acceptors (Lipinski definition) is 6. The molecule has 0 fully saturated rings. The van der Waals surface area contributed by atoms with Gasteiger partial charge in [0.25, 0.3) is 5.69 Å². The third-order valence-electron chi connectivity index (χ3n) is 2.29. The van der Waals surface area contributed by atoms with Crippen LogP contribution >= 0.6 is 11.3 Å². The fourth-order valence-electron chi connectivity index (χ4n) is 1.47. The van der Waals surface area contributed by atoms with E-state index >= 15 is 0 Å². The number of esters is 1. The zero-order chi connectivity index (χ0) is 15.3. The van der Waals surface area contributed by atoms with E-state index < -0.39 is 10.9 Å². The molecule has 0 spiro atoms. The number of aryl methyl sites for hydroxylation is 1. The van der Waals surface area contributed by atoms with Crippen molar-refractivity contribution >= 4 is 29.1 Å². The van der Waals surface area contributed by atoms with Crippen molar-refractivity contribution in [2.45, 2.75) is 33.3 Å². The molecule has 0 saturated carbocycles. The molecule has 0 radical (unpaired) electrons. The van der Waals surface area contributed by atoms with Crippen LogP contribution in [0, 0.1) is 21.4 Å². The molecule has 20 heavy (non-hydrogen) atoms. The topological polar surface area (TPSA) is 93.2 Å². The van der Waals surface area contributed by atoms with Gasteiger partial charge in [0.2, 0.25) is 0 Å². The highest BCUT2D eigenvalue weighted by Gasteiger charge is 2.18. The number of hydrogen-bond donors (Lipinski definition) is 0. The van der Waals surface area contributed by atoms with Crippen molar-refractivity contribution in [3.05, 3.63) is 31.5 Å². The Kier molecular flexibility index (Phi) is 5.41. The minimum Gasteiger partial charge on any atom is -0.459 e. The Balaban J connectivity index is 3.11. The van der Waals surface area contributed by atoms with E-state index in [1.165, 1.54) is 23.5 Å². The van der Waals surface area contributed by atoms with Crippen molar-refractivity contribution in [2.24, 2.45) is 0 Å². The molecule has 0 aliphatic rings. The molecular formula is C13H14N2O4S. The number of rotatable bonds is 5. The minimum atomic E-state index is -0.725. The van der Waals surface area contributed by atoms with Gasteiger partial charge in [0.15, 0.2) is 0 Å². The summed E-state index contributed by atoms with van der Waals surface area (Å²) in [7, 11) is 0. The summed E-state index contributed by atoms with van der Waals surface area (Å²) in [6.45, 7) is 5.17. The van der Waals surface area contributed by atoms with Crippen molar-refractivity contribution in [1.29, 1.82) is 5.26 Å². The predicted molar refractivity (Wildman–Crippen MR) is 75.2 cm³/mol. The maximum absolute atomic E-state index is 11.6. The lowest BCUT2D eigenvalue weighted by molar-refractivity contribution is -0.385. The molecule has 0 atom stereocenters. The van der Waals surface area contributed by atoms with Gasteiger partial charge in [0.1, 0.15) is 11.6 Å². The zero-order valence-electron chi connectivity index (χ0n) is 11.4. The van der Waals surface area contributed by atoms with E-state index in [2.05, 4.69) is 0 Å². The average molecular weight is 294 g/mol. The largest absolute Gasteiger partial charge is 0.459 e. The summed E-state index contributed by atoms with van der Waals surface area (Å²) in [6, 6.07) is 3.12. The SMILES string of the molecule is CCc1sc(C=C(C#N)C(=O)OC(C)C)cc1[N+](=O)[O-]. The maximum Gasteiger partial charge on any atom is 0.349 e. The van der Waals surface area contributed by atoms with Gasteiger partial charge in [-0.25, -0.2) is 4.79 Å².